The molecule has 1 unspecified atom stereocenters. The van der Waals surface area contributed by atoms with Crippen LogP contribution in [-0.4, -0.2) is 49.8 Å². The number of aliphatic hydroxyl groups is 3. The topological polar surface area (TPSA) is 138 Å². The van der Waals surface area contributed by atoms with Crippen LogP contribution in [0, 0.1) is 23.2 Å². The number of aliphatic hydroxyl groups excluding tert-OH is 2. The summed E-state index contributed by atoms with van der Waals surface area (Å²) in [6.45, 7) is 8.87. The molecule has 6 atom stereocenters. The number of hydrogen-bond donors (Lipinski definition) is 3. The minimum absolute atomic E-state index is 0.00374. The molecule has 4 rings (SSSR count). The third-order valence-corrected chi connectivity index (χ3v) is 7.95. The van der Waals surface area contributed by atoms with E-state index in [1.54, 1.807) is 38.2 Å². The zero-order valence-electron chi connectivity index (χ0n) is 21.5. The summed E-state index contributed by atoms with van der Waals surface area (Å²) in [6.07, 6.45) is 9.98. The van der Waals surface area contributed by atoms with E-state index in [4.69, 9.17) is 4.74 Å². The minimum atomic E-state index is -2.20. The maximum absolute atomic E-state index is 13.9. The monoisotopic (exact) mass is 498 g/mol. The standard InChI is InChI=1S/C28H34O8/c1-7-9-11-13-16(29)18-20-21(28(6)22(31)15(3)24(33)36-28)19(17(30)14-12-10-8-2)26(4,23(18)32)25(34)27(20,5)35/h7-11,13,19-21,29,31,35H,12,14H2,1-6H3/b9-7+,10-8+,13-11+,18-16-/t19-,20-,21-,26-,27?,28-/m1/s1. The lowest BCUT2D eigenvalue weighted by Crippen LogP contribution is -2.75. The Hall–Kier alpha value is -3.26. The average Bonchev–Trinajstić information content (AvgIpc) is 3.01. The molecule has 194 valence electrons. The van der Waals surface area contributed by atoms with Crippen LogP contribution >= 0.6 is 0 Å². The van der Waals surface area contributed by atoms with Gasteiger partial charge in [-0.2, -0.15) is 0 Å². The van der Waals surface area contributed by atoms with Gasteiger partial charge in [-0.05, 0) is 54.0 Å². The van der Waals surface area contributed by atoms with Crippen LogP contribution in [0.25, 0.3) is 0 Å². The molecule has 3 saturated carbocycles. The lowest BCUT2D eigenvalue weighted by molar-refractivity contribution is -0.204. The van der Waals surface area contributed by atoms with Crippen molar-refractivity contribution in [2.75, 3.05) is 0 Å². The van der Waals surface area contributed by atoms with E-state index in [2.05, 4.69) is 0 Å². The molecule has 1 aliphatic heterocycles. The quantitative estimate of drug-likeness (QED) is 0.120. The van der Waals surface area contributed by atoms with E-state index in [1.165, 1.54) is 39.8 Å². The molecule has 0 amide bonds. The molecule has 0 saturated heterocycles. The van der Waals surface area contributed by atoms with Crippen molar-refractivity contribution in [3.63, 3.8) is 0 Å². The second-order valence-electron chi connectivity index (χ2n) is 10.2. The molecular weight excluding hydrogens is 464 g/mol. The number of esters is 1. The molecule has 4 aliphatic rings. The first-order valence-corrected chi connectivity index (χ1v) is 12.0. The van der Waals surface area contributed by atoms with Crippen molar-refractivity contribution >= 4 is 23.3 Å². The summed E-state index contributed by atoms with van der Waals surface area (Å²) in [5.74, 6) is -7.69. The Kier molecular flexibility index (Phi) is 7.07. The predicted octanol–water partition coefficient (Wildman–Crippen LogP) is 3.78. The molecule has 1 heterocycles. The van der Waals surface area contributed by atoms with Crippen molar-refractivity contribution in [1.82, 2.24) is 0 Å². The van der Waals surface area contributed by atoms with E-state index in [9.17, 15) is 34.5 Å². The summed E-state index contributed by atoms with van der Waals surface area (Å²) in [7, 11) is 0. The Morgan fingerprint density at radius 3 is 2.25 bits per heavy atom. The Morgan fingerprint density at radius 1 is 1.08 bits per heavy atom. The number of Topliss-reactive ketones (excluding diaryl/α,β-unsaturated/α-hetero) is 3. The number of hydrogen-bond acceptors (Lipinski definition) is 8. The summed E-state index contributed by atoms with van der Waals surface area (Å²) >= 11 is 0. The molecule has 0 aromatic carbocycles. The number of carbonyl (C=O) groups is 4. The summed E-state index contributed by atoms with van der Waals surface area (Å²) in [4.78, 5) is 53.6. The minimum Gasteiger partial charge on any atom is -0.508 e. The second kappa shape index (κ2) is 9.32. The molecule has 8 heteroatoms. The highest BCUT2D eigenvalue weighted by atomic mass is 16.6. The first-order chi connectivity index (χ1) is 16.7. The molecule has 0 radical (unpaired) electrons. The van der Waals surface area contributed by atoms with E-state index >= 15 is 0 Å². The van der Waals surface area contributed by atoms with Crippen LogP contribution < -0.4 is 0 Å². The van der Waals surface area contributed by atoms with Gasteiger partial charge in [-0.1, -0.05) is 30.4 Å². The fourth-order valence-electron chi connectivity index (χ4n) is 6.18. The van der Waals surface area contributed by atoms with Crippen LogP contribution in [0.1, 0.15) is 54.4 Å². The van der Waals surface area contributed by atoms with Crippen molar-refractivity contribution in [1.29, 1.82) is 0 Å². The maximum Gasteiger partial charge on any atom is 0.338 e. The van der Waals surface area contributed by atoms with Crippen molar-refractivity contribution in [3.05, 3.63) is 59.1 Å². The van der Waals surface area contributed by atoms with Crippen LogP contribution in [0.2, 0.25) is 0 Å². The smallest absolute Gasteiger partial charge is 0.338 e. The molecule has 0 spiro atoms. The summed E-state index contributed by atoms with van der Waals surface area (Å²) in [5.41, 5.74) is -6.38. The first kappa shape index (κ1) is 27.3. The zero-order chi connectivity index (χ0) is 27.2. The highest BCUT2D eigenvalue weighted by Crippen LogP contribution is 2.64. The highest BCUT2D eigenvalue weighted by Gasteiger charge is 2.77. The van der Waals surface area contributed by atoms with Gasteiger partial charge in [0.2, 0.25) is 0 Å². The van der Waals surface area contributed by atoms with E-state index in [1.807, 2.05) is 0 Å². The highest BCUT2D eigenvalue weighted by molar-refractivity contribution is 6.23. The summed E-state index contributed by atoms with van der Waals surface area (Å²) in [6, 6.07) is 0. The number of carbonyl (C=O) groups excluding carboxylic acids is 4. The molecule has 2 bridgehead atoms. The number of allylic oxidation sites excluding steroid dienone is 6. The van der Waals surface area contributed by atoms with Crippen molar-refractivity contribution in [2.24, 2.45) is 23.2 Å². The van der Waals surface area contributed by atoms with Gasteiger partial charge in [-0.15, -0.1) is 0 Å². The predicted molar refractivity (Wildman–Crippen MR) is 132 cm³/mol. The van der Waals surface area contributed by atoms with Crippen LogP contribution in [0.5, 0.6) is 0 Å². The first-order valence-electron chi connectivity index (χ1n) is 12.0. The van der Waals surface area contributed by atoms with Crippen molar-refractivity contribution in [2.45, 2.75) is 65.6 Å². The van der Waals surface area contributed by atoms with Gasteiger partial charge in [0, 0.05) is 29.7 Å². The fraction of sp³-hybridized carbons (Fsp3) is 0.500. The SMILES string of the molecule is C/C=C/C=C/C(O)=C1/C(=O)[C@]2(C)C(=O)C(C)(O)[C@H]1[C@H]([C@@]1(C)OC(=O)C(C)=C1O)[C@H]2C(=O)CC/C=C/C. The van der Waals surface area contributed by atoms with Crippen LogP contribution in [0.3, 0.4) is 0 Å². The lowest BCUT2D eigenvalue weighted by Gasteiger charge is -2.61. The Morgan fingerprint density at radius 2 is 1.72 bits per heavy atom. The molecule has 3 N–H and O–H groups in total. The largest absolute Gasteiger partial charge is 0.508 e. The van der Waals surface area contributed by atoms with Gasteiger partial charge in [0.1, 0.15) is 28.3 Å². The fourth-order valence-corrected chi connectivity index (χ4v) is 6.18. The van der Waals surface area contributed by atoms with E-state index in [0.717, 1.165) is 0 Å². The molecule has 0 aromatic rings. The van der Waals surface area contributed by atoms with Gasteiger partial charge >= 0.3 is 5.97 Å². The van der Waals surface area contributed by atoms with Gasteiger partial charge in [-0.3, -0.25) is 14.4 Å². The normalized spacial score (nSPS) is 38.2. The molecule has 8 nitrogen and oxygen atoms in total. The van der Waals surface area contributed by atoms with Gasteiger partial charge in [0.15, 0.2) is 17.2 Å². The number of ketones is 3. The number of cyclic esters (lactones) is 1. The summed E-state index contributed by atoms with van der Waals surface area (Å²) < 4.78 is 5.61. The maximum atomic E-state index is 13.9. The third kappa shape index (κ3) is 3.70. The van der Waals surface area contributed by atoms with Gasteiger partial charge in [0.25, 0.3) is 0 Å². The lowest BCUT2D eigenvalue weighted by atomic mass is 9.40. The molecule has 3 fully saturated rings. The third-order valence-electron chi connectivity index (χ3n) is 7.95. The summed E-state index contributed by atoms with van der Waals surface area (Å²) in [5, 5.41) is 33.5. The van der Waals surface area contributed by atoms with Crippen molar-refractivity contribution in [3.8, 4) is 0 Å². The zero-order valence-corrected chi connectivity index (χ0v) is 21.5. The van der Waals surface area contributed by atoms with Gasteiger partial charge in [-0.25, -0.2) is 4.79 Å². The van der Waals surface area contributed by atoms with E-state index < -0.39 is 69.2 Å². The van der Waals surface area contributed by atoms with Gasteiger partial charge < -0.3 is 20.1 Å². The van der Waals surface area contributed by atoms with E-state index in [0.29, 0.717) is 6.42 Å². The molecule has 0 aromatic heterocycles. The Labute approximate surface area is 210 Å². The number of rotatable bonds is 7. The average molecular weight is 499 g/mol. The molecular formula is C28H34O8. The van der Waals surface area contributed by atoms with Crippen LogP contribution in [0.4, 0.5) is 0 Å². The van der Waals surface area contributed by atoms with Crippen molar-refractivity contribution < 1.29 is 39.2 Å². The Bertz CT molecular complexity index is 1160. The van der Waals surface area contributed by atoms with E-state index in [-0.39, 0.29) is 17.6 Å². The van der Waals surface area contributed by atoms with Crippen LogP contribution in [0.15, 0.2) is 59.1 Å². The number of ether oxygens (including phenoxy) is 1. The molecule has 36 heavy (non-hydrogen) atoms. The Balaban J connectivity index is 2.36. The van der Waals surface area contributed by atoms with Crippen LogP contribution in [-0.2, 0) is 23.9 Å². The second-order valence-corrected chi connectivity index (χ2v) is 10.2. The van der Waals surface area contributed by atoms with Gasteiger partial charge in [0.05, 0.1) is 5.57 Å². The molecule has 3 aliphatic carbocycles. The number of fused-ring (bicyclic) bond motifs is 3.